The average Bonchev–Trinajstić information content (AvgIpc) is 3.12. The van der Waals surface area contributed by atoms with Crippen LogP contribution < -0.4 is 5.32 Å². The van der Waals surface area contributed by atoms with Crippen LogP contribution in [0.15, 0.2) is 18.2 Å². The number of rotatable bonds is 5. The number of hydrogen-bond acceptors (Lipinski definition) is 8. The number of β-amino-alcohol motifs (C(OH)–C–C–N with tert-alkyl or cyclic N) is 1. The van der Waals surface area contributed by atoms with Crippen LogP contribution in [0.2, 0.25) is 0 Å². The van der Waals surface area contributed by atoms with E-state index in [4.69, 9.17) is 17.0 Å². The number of ether oxygens (including phenoxy) is 1. The quantitative estimate of drug-likeness (QED) is 0.596. The largest absolute Gasteiger partial charge is 0.468 e. The highest BCUT2D eigenvalue weighted by Crippen LogP contribution is 2.25. The zero-order chi connectivity index (χ0) is 18.8. The van der Waals surface area contributed by atoms with Gasteiger partial charge in [0.25, 0.3) is 0 Å². The molecule has 9 heteroatoms. The fourth-order valence-corrected chi connectivity index (χ4v) is 4.11. The molecule has 0 amide bonds. The number of carbonyl (C=O) groups excluding carboxylic acids is 1. The summed E-state index contributed by atoms with van der Waals surface area (Å²) in [6, 6.07) is 5.68. The fourth-order valence-electron chi connectivity index (χ4n) is 3.10. The molecule has 0 saturated carbocycles. The Morgan fingerprint density at radius 2 is 2.27 bits per heavy atom. The molecule has 0 aliphatic carbocycles. The Labute approximate surface area is 161 Å². The first kappa shape index (κ1) is 19.0. The average molecular weight is 395 g/mol. The number of methoxy groups -OCH3 is 1. The lowest BCUT2D eigenvalue weighted by molar-refractivity contribution is -0.146. The summed E-state index contributed by atoms with van der Waals surface area (Å²) in [5.41, 5.74) is 3.31. The van der Waals surface area contributed by atoms with Crippen LogP contribution in [0, 0.1) is 17.8 Å². The lowest BCUT2D eigenvalue weighted by Crippen LogP contribution is -2.38. The van der Waals surface area contributed by atoms with Gasteiger partial charge in [-0.05, 0) is 37.7 Å². The van der Waals surface area contributed by atoms with Gasteiger partial charge in [-0.2, -0.15) is 0 Å². The summed E-state index contributed by atoms with van der Waals surface area (Å²) >= 11 is 6.78. The van der Waals surface area contributed by atoms with Crippen LogP contribution in [0.5, 0.6) is 0 Å². The molecule has 1 aromatic heterocycles. The van der Waals surface area contributed by atoms with E-state index in [0.29, 0.717) is 28.7 Å². The van der Waals surface area contributed by atoms with Crippen molar-refractivity contribution in [3.8, 4) is 0 Å². The normalized spacial score (nSPS) is 20.3. The minimum absolute atomic E-state index is 0.334. The van der Waals surface area contributed by atoms with Gasteiger partial charge in [0.1, 0.15) is 6.04 Å². The number of nitrogens with one attached hydrogen (secondary N) is 1. The van der Waals surface area contributed by atoms with Gasteiger partial charge in [-0.25, -0.2) is 4.68 Å². The van der Waals surface area contributed by atoms with Crippen LogP contribution in [0.4, 0.5) is 10.8 Å². The first-order chi connectivity index (χ1) is 12.4. The molecule has 2 heterocycles. The van der Waals surface area contributed by atoms with Gasteiger partial charge < -0.3 is 15.2 Å². The Morgan fingerprint density at radius 3 is 2.96 bits per heavy atom. The van der Waals surface area contributed by atoms with Crippen molar-refractivity contribution in [1.29, 1.82) is 0 Å². The lowest BCUT2D eigenvalue weighted by atomic mass is 10.1. The maximum Gasteiger partial charge on any atom is 0.323 e. The van der Waals surface area contributed by atoms with Crippen LogP contribution in [-0.2, 0) is 16.2 Å². The van der Waals surface area contributed by atoms with Crippen LogP contribution >= 0.6 is 23.6 Å². The van der Waals surface area contributed by atoms with E-state index in [9.17, 15) is 9.90 Å². The molecular weight excluding hydrogens is 372 g/mol. The number of anilines is 2. The number of nitrogens with zero attached hydrogens (tertiary/aromatic N) is 3. The van der Waals surface area contributed by atoms with Crippen LogP contribution in [0.3, 0.4) is 0 Å². The van der Waals surface area contributed by atoms with Crippen molar-refractivity contribution in [3.05, 3.63) is 33.3 Å². The lowest BCUT2D eigenvalue weighted by Gasteiger charge is -2.21. The van der Waals surface area contributed by atoms with E-state index >= 15 is 0 Å². The molecular formula is C17H22N4O3S2. The standard InChI is InChI=1S/C17H22N4O3S2/c1-10-4-5-13(11(2)6-10)18-16-19-21(17(25)26-16)9-20-8-12(22)7-14(20)15(23)24-3/h4-6,12,14,22H,7-9H2,1-3H3,(H,18,19)/t12-,14+/m1/s1. The van der Waals surface area contributed by atoms with Gasteiger partial charge in [0.2, 0.25) is 5.13 Å². The Morgan fingerprint density at radius 1 is 1.50 bits per heavy atom. The highest BCUT2D eigenvalue weighted by Gasteiger charge is 2.37. The highest BCUT2D eigenvalue weighted by molar-refractivity contribution is 7.73. The van der Waals surface area contributed by atoms with E-state index < -0.39 is 12.1 Å². The van der Waals surface area contributed by atoms with Gasteiger partial charge >= 0.3 is 5.97 Å². The molecule has 0 unspecified atom stereocenters. The van der Waals surface area contributed by atoms with E-state index in [-0.39, 0.29) is 5.97 Å². The Hall–Kier alpha value is -1.81. The summed E-state index contributed by atoms with van der Waals surface area (Å²) in [4.78, 5) is 13.8. The van der Waals surface area contributed by atoms with Crippen LogP contribution in [0.1, 0.15) is 17.5 Å². The van der Waals surface area contributed by atoms with E-state index in [0.717, 1.165) is 11.3 Å². The van der Waals surface area contributed by atoms with Crippen molar-refractivity contribution >= 4 is 40.3 Å². The van der Waals surface area contributed by atoms with Gasteiger partial charge in [-0.1, -0.05) is 29.0 Å². The van der Waals surface area contributed by atoms with Crippen molar-refractivity contribution in [2.75, 3.05) is 19.0 Å². The predicted octanol–water partition coefficient (Wildman–Crippen LogP) is 2.60. The van der Waals surface area contributed by atoms with Gasteiger partial charge in [0, 0.05) is 18.7 Å². The molecule has 2 atom stereocenters. The van der Waals surface area contributed by atoms with Crippen molar-refractivity contribution in [2.24, 2.45) is 0 Å². The number of aromatic nitrogens is 2. The summed E-state index contributed by atoms with van der Waals surface area (Å²) in [7, 11) is 1.35. The summed E-state index contributed by atoms with van der Waals surface area (Å²) in [6.45, 7) is 4.81. The molecule has 1 aliphatic heterocycles. The van der Waals surface area contributed by atoms with Gasteiger partial charge in [-0.3, -0.25) is 9.69 Å². The third-order valence-corrected chi connectivity index (χ3v) is 5.62. The number of aryl methyl sites for hydroxylation is 2. The maximum atomic E-state index is 11.9. The minimum atomic E-state index is -0.556. The SMILES string of the molecule is COC(=O)[C@@H]1C[C@@H](O)CN1Cn1nc(Nc2ccc(C)cc2C)sc1=S. The number of hydrogen-bond donors (Lipinski definition) is 2. The molecule has 2 aromatic rings. The second-order valence-electron chi connectivity index (χ2n) is 6.46. The molecule has 0 radical (unpaired) electrons. The summed E-state index contributed by atoms with van der Waals surface area (Å²) in [5.74, 6) is -0.350. The smallest absolute Gasteiger partial charge is 0.323 e. The third kappa shape index (κ3) is 4.12. The number of carbonyl (C=O) groups is 1. The number of aliphatic hydroxyl groups is 1. The first-order valence-corrected chi connectivity index (χ1v) is 9.52. The number of benzene rings is 1. The van der Waals surface area contributed by atoms with Crippen LogP contribution in [-0.4, -0.2) is 51.6 Å². The summed E-state index contributed by atoms with van der Waals surface area (Å²) in [6.07, 6.45) is -0.197. The number of likely N-dealkylation sites (tertiary alicyclic amines) is 1. The second kappa shape index (κ2) is 7.83. The molecule has 2 N–H and O–H groups in total. The van der Waals surface area contributed by atoms with E-state index in [1.54, 1.807) is 4.68 Å². The molecule has 0 spiro atoms. The van der Waals surface area contributed by atoms with Crippen molar-refractivity contribution in [2.45, 2.75) is 39.1 Å². The van der Waals surface area contributed by atoms with Gasteiger partial charge in [-0.15, -0.1) is 5.10 Å². The van der Waals surface area contributed by atoms with Crippen molar-refractivity contribution in [1.82, 2.24) is 14.7 Å². The predicted molar refractivity (Wildman–Crippen MR) is 103 cm³/mol. The first-order valence-electron chi connectivity index (χ1n) is 8.29. The van der Waals surface area contributed by atoms with Gasteiger partial charge in [0.05, 0.1) is 19.9 Å². The topological polar surface area (TPSA) is 79.6 Å². The zero-order valence-electron chi connectivity index (χ0n) is 14.9. The maximum absolute atomic E-state index is 11.9. The number of aliphatic hydroxyl groups excluding tert-OH is 1. The monoisotopic (exact) mass is 394 g/mol. The Balaban J connectivity index is 1.76. The van der Waals surface area contributed by atoms with Crippen molar-refractivity contribution in [3.63, 3.8) is 0 Å². The molecule has 0 bridgehead atoms. The Kier molecular flexibility index (Phi) is 5.71. The molecule has 26 heavy (non-hydrogen) atoms. The zero-order valence-corrected chi connectivity index (χ0v) is 16.6. The molecule has 1 saturated heterocycles. The Bertz CT molecular complexity index is 864. The summed E-state index contributed by atoms with van der Waals surface area (Å²) in [5, 5.41) is 18.4. The van der Waals surface area contributed by atoms with E-state index in [2.05, 4.69) is 23.4 Å². The van der Waals surface area contributed by atoms with E-state index in [1.165, 1.54) is 24.0 Å². The third-order valence-electron chi connectivity index (χ3n) is 4.40. The fraction of sp³-hybridized carbons (Fsp3) is 0.471. The van der Waals surface area contributed by atoms with Crippen molar-refractivity contribution < 1.29 is 14.6 Å². The minimum Gasteiger partial charge on any atom is -0.468 e. The molecule has 7 nitrogen and oxygen atoms in total. The van der Waals surface area contributed by atoms with Crippen LogP contribution in [0.25, 0.3) is 0 Å². The number of esters is 1. The molecule has 1 aliphatic rings. The summed E-state index contributed by atoms with van der Waals surface area (Å²) < 4.78 is 7.10. The molecule has 1 aromatic carbocycles. The molecule has 140 valence electrons. The second-order valence-corrected chi connectivity index (χ2v) is 8.08. The molecule has 1 fully saturated rings. The van der Waals surface area contributed by atoms with E-state index in [1.807, 2.05) is 24.0 Å². The molecule has 3 rings (SSSR count). The van der Waals surface area contributed by atoms with Gasteiger partial charge in [0.15, 0.2) is 3.95 Å². The highest BCUT2D eigenvalue weighted by atomic mass is 32.1.